The van der Waals surface area contributed by atoms with Crippen LogP contribution in [-0.2, 0) is 6.54 Å². The number of hydrogen-bond acceptors (Lipinski definition) is 4. The Balaban J connectivity index is 2.03. The summed E-state index contributed by atoms with van der Waals surface area (Å²) in [6, 6.07) is 11.1. The van der Waals surface area contributed by atoms with E-state index >= 15 is 0 Å². The zero-order valence-electron chi connectivity index (χ0n) is 15.1. The lowest BCUT2D eigenvalue weighted by Crippen LogP contribution is -2.20. The van der Waals surface area contributed by atoms with Crippen LogP contribution in [0.25, 0.3) is 0 Å². The second kappa shape index (κ2) is 9.45. The number of methoxy groups -OCH3 is 1. The minimum absolute atomic E-state index is 0.133. The van der Waals surface area contributed by atoms with Gasteiger partial charge in [0.15, 0.2) is 11.5 Å². The van der Waals surface area contributed by atoms with E-state index in [1.165, 1.54) is 0 Å². The van der Waals surface area contributed by atoms with Gasteiger partial charge < -0.3 is 25.8 Å². The first kappa shape index (κ1) is 20.1. The van der Waals surface area contributed by atoms with Crippen LogP contribution in [0.1, 0.15) is 31.0 Å². The molecule has 0 saturated carbocycles. The summed E-state index contributed by atoms with van der Waals surface area (Å²) in [6.45, 7) is 5.26. The van der Waals surface area contributed by atoms with Crippen LogP contribution in [0, 0.1) is 0 Å². The Morgan fingerprint density at radius 1 is 1.27 bits per heavy atom. The first-order chi connectivity index (χ1) is 12.4. The number of halogens is 1. The van der Waals surface area contributed by atoms with Crippen LogP contribution in [0.3, 0.4) is 0 Å². The van der Waals surface area contributed by atoms with E-state index in [9.17, 15) is 4.79 Å². The lowest BCUT2D eigenvalue weighted by molar-refractivity contribution is 0.259. The summed E-state index contributed by atoms with van der Waals surface area (Å²) < 4.78 is 11.9. The molecule has 0 aliphatic rings. The van der Waals surface area contributed by atoms with Crippen molar-refractivity contribution in [1.82, 2.24) is 5.32 Å². The number of nitrogens with two attached hydrogens (primary N) is 1. The molecule has 0 saturated heterocycles. The largest absolute Gasteiger partial charge is 0.493 e. The maximum Gasteiger partial charge on any atom is 0.316 e. The number of primary amides is 1. The van der Waals surface area contributed by atoms with Gasteiger partial charge in [0.2, 0.25) is 0 Å². The lowest BCUT2D eigenvalue weighted by atomic mass is 10.1. The third-order valence-electron chi connectivity index (χ3n) is 3.87. The highest BCUT2D eigenvalue weighted by Crippen LogP contribution is 2.36. The number of urea groups is 1. The smallest absolute Gasteiger partial charge is 0.316 e. The molecule has 1 unspecified atom stereocenters. The molecule has 0 radical (unpaired) electrons. The molecule has 0 fully saturated rings. The summed E-state index contributed by atoms with van der Waals surface area (Å²) in [5, 5.41) is 6.03. The Morgan fingerprint density at radius 3 is 2.54 bits per heavy atom. The van der Waals surface area contributed by atoms with Crippen LogP contribution in [0.15, 0.2) is 40.9 Å². The van der Waals surface area contributed by atoms with Gasteiger partial charge in [-0.25, -0.2) is 4.79 Å². The van der Waals surface area contributed by atoms with E-state index in [0.29, 0.717) is 30.3 Å². The molecule has 0 heterocycles. The van der Waals surface area contributed by atoms with E-state index in [1.807, 2.05) is 43.3 Å². The van der Waals surface area contributed by atoms with Crippen molar-refractivity contribution < 1.29 is 14.3 Å². The normalized spacial score (nSPS) is 11.7. The third kappa shape index (κ3) is 5.37. The Bertz CT molecular complexity index is 750. The predicted molar refractivity (Wildman–Crippen MR) is 107 cm³/mol. The molecule has 0 aliphatic heterocycles. The summed E-state index contributed by atoms with van der Waals surface area (Å²) in [5.41, 5.74) is 7.98. The van der Waals surface area contributed by atoms with Crippen LogP contribution in [0.2, 0.25) is 0 Å². The molecular weight excluding hydrogens is 398 g/mol. The van der Waals surface area contributed by atoms with Crippen molar-refractivity contribution in [3.63, 3.8) is 0 Å². The van der Waals surface area contributed by atoms with Gasteiger partial charge >= 0.3 is 6.03 Å². The SMILES string of the molecule is CCOc1c(Br)cc(CNC(C)c2ccc(NC(N)=O)cc2)cc1OC. The van der Waals surface area contributed by atoms with E-state index < -0.39 is 6.03 Å². The fraction of sp³-hybridized carbons (Fsp3) is 0.316. The average Bonchev–Trinajstić information content (AvgIpc) is 2.61. The van der Waals surface area contributed by atoms with Gasteiger partial charge in [0.05, 0.1) is 18.2 Å². The van der Waals surface area contributed by atoms with E-state index in [2.05, 4.69) is 33.5 Å². The van der Waals surface area contributed by atoms with Crippen LogP contribution in [-0.4, -0.2) is 19.7 Å². The number of benzene rings is 2. The lowest BCUT2D eigenvalue weighted by Gasteiger charge is -2.17. The highest BCUT2D eigenvalue weighted by molar-refractivity contribution is 9.10. The first-order valence-corrected chi connectivity index (χ1v) is 9.12. The quantitative estimate of drug-likeness (QED) is 0.595. The zero-order chi connectivity index (χ0) is 19.1. The highest BCUT2D eigenvalue weighted by atomic mass is 79.9. The molecule has 0 spiro atoms. The molecule has 26 heavy (non-hydrogen) atoms. The van der Waals surface area contributed by atoms with Crippen molar-refractivity contribution in [2.75, 3.05) is 19.0 Å². The maximum atomic E-state index is 10.9. The first-order valence-electron chi connectivity index (χ1n) is 8.33. The third-order valence-corrected chi connectivity index (χ3v) is 4.46. The molecule has 0 aliphatic carbocycles. The minimum Gasteiger partial charge on any atom is -0.493 e. The van der Waals surface area contributed by atoms with Crippen LogP contribution in [0.5, 0.6) is 11.5 Å². The average molecular weight is 422 g/mol. The van der Waals surface area contributed by atoms with Crippen LogP contribution < -0.4 is 25.8 Å². The Labute approximate surface area is 162 Å². The molecular formula is C19H24BrN3O3. The molecule has 140 valence electrons. The molecule has 4 N–H and O–H groups in total. The Hall–Kier alpha value is -2.25. The van der Waals surface area contributed by atoms with Gasteiger partial charge in [-0.2, -0.15) is 0 Å². The van der Waals surface area contributed by atoms with Gasteiger partial charge in [0.25, 0.3) is 0 Å². The van der Waals surface area contributed by atoms with E-state index in [0.717, 1.165) is 15.6 Å². The number of ether oxygens (including phenoxy) is 2. The molecule has 6 nitrogen and oxygen atoms in total. The van der Waals surface area contributed by atoms with Crippen molar-refractivity contribution in [3.05, 3.63) is 52.0 Å². The van der Waals surface area contributed by atoms with Crippen molar-refractivity contribution in [3.8, 4) is 11.5 Å². The van der Waals surface area contributed by atoms with E-state index in [1.54, 1.807) is 7.11 Å². The van der Waals surface area contributed by atoms with Gasteiger partial charge in [-0.1, -0.05) is 12.1 Å². The fourth-order valence-corrected chi connectivity index (χ4v) is 3.15. The standard InChI is InChI=1S/C19H24BrN3O3/c1-4-26-18-16(20)9-13(10-17(18)25-3)11-22-12(2)14-5-7-15(8-6-14)23-19(21)24/h5-10,12,22H,4,11H2,1-3H3,(H3,21,23,24). The summed E-state index contributed by atoms with van der Waals surface area (Å²) >= 11 is 3.54. The van der Waals surface area contributed by atoms with Crippen molar-refractivity contribution in [1.29, 1.82) is 0 Å². The topological polar surface area (TPSA) is 85.6 Å². The fourth-order valence-electron chi connectivity index (χ4n) is 2.55. The number of amides is 2. The maximum absolute atomic E-state index is 10.9. The van der Waals surface area contributed by atoms with Gasteiger partial charge in [-0.15, -0.1) is 0 Å². The van der Waals surface area contributed by atoms with Crippen LogP contribution in [0.4, 0.5) is 10.5 Å². The molecule has 2 aromatic rings. The Morgan fingerprint density at radius 2 is 1.96 bits per heavy atom. The van der Waals surface area contributed by atoms with Gasteiger partial charge in [0, 0.05) is 18.3 Å². The zero-order valence-corrected chi connectivity index (χ0v) is 16.7. The molecule has 1 atom stereocenters. The second-order valence-corrected chi connectivity index (χ2v) is 6.61. The van der Waals surface area contributed by atoms with Crippen molar-refractivity contribution >= 4 is 27.6 Å². The Kier molecular flexibility index (Phi) is 7.29. The van der Waals surface area contributed by atoms with Gasteiger partial charge in [-0.05, 0) is 65.2 Å². The number of anilines is 1. The number of hydrogen-bond donors (Lipinski definition) is 3. The molecule has 0 bridgehead atoms. The molecule has 2 amide bonds. The minimum atomic E-state index is -0.570. The summed E-state index contributed by atoms with van der Waals surface area (Å²) in [4.78, 5) is 10.9. The summed E-state index contributed by atoms with van der Waals surface area (Å²) in [7, 11) is 1.63. The van der Waals surface area contributed by atoms with Crippen LogP contribution >= 0.6 is 15.9 Å². The monoisotopic (exact) mass is 421 g/mol. The summed E-state index contributed by atoms with van der Waals surface area (Å²) in [5.74, 6) is 1.41. The predicted octanol–water partition coefficient (Wildman–Crippen LogP) is 4.20. The van der Waals surface area contributed by atoms with E-state index in [-0.39, 0.29) is 6.04 Å². The molecule has 0 aromatic heterocycles. The van der Waals surface area contributed by atoms with Crippen molar-refractivity contribution in [2.45, 2.75) is 26.4 Å². The molecule has 2 aromatic carbocycles. The van der Waals surface area contributed by atoms with Gasteiger partial charge in [0.1, 0.15) is 0 Å². The number of nitrogens with one attached hydrogen (secondary N) is 2. The van der Waals surface area contributed by atoms with Crippen molar-refractivity contribution in [2.24, 2.45) is 5.73 Å². The van der Waals surface area contributed by atoms with E-state index in [4.69, 9.17) is 15.2 Å². The second-order valence-electron chi connectivity index (χ2n) is 5.76. The summed E-state index contributed by atoms with van der Waals surface area (Å²) in [6.07, 6.45) is 0. The number of carbonyl (C=O) groups is 1. The molecule has 7 heteroatoms. The number of rotatable bonds is 8. The van der Waals surface area contributed by atoms with Gasteiger partial charge in [-0.3, -0.25) is 0 Å². The molecule has 2 rings (SSSR count). The highest BCUT2D eigenvalue weighted by Gasteiger charge is 2.12. The number of carbonyl (C=O) groups excluding carboxylic acids is 1.